The number of nitrogens with zero attached hydrogens (tertiary/aromatic N) is 4. The van der Waals surface area contributed by atoms with Gasteiger partial charge in [-0.25, -0.2) is 4.68 Å². The Balaban J connectivity index is 0.00000225. The van der Waals surface area contributed by atoms with Crippen LogP contribution in [-0.4, -0.2) is 38.6 Å². The molecule has 0 bridgehead atoms. The van der Waals surface area contributed by atoms with Crippen molar-refractivity contribution in [3.05, 3.63) is 59.0 Å². The summed E-state index contributed by atoms with van der Waals surface area (Å²) in [4.78, 5) is 12.6. The van der Waals surface area contributed by atoms with Crippen LogP contribution in [0.4, 0.5) is 5.82 Å². The number of para-hydroxylation sites is 1. The molecule has 28 heavy (non-hydrogen) atoms. The molecule has 1 amide bonds. The molecule has 0 spiro atoms. The molecule has 9 heteroatoms. The van der Waals surface area contributed by atoms with Gasteiger partial charge in [-0.3, -0.25) is 9.48 Å². The fourth-order valence-corrected chi connectivity index (χ4v) is 3.52. The molecular weight excluding hydrogens is 399 g/mol. The number of hydrogen-bond acceptors (Lipinski definition) is 4. The number of rotatable bonds is 4. The van der Waals surface area contributed by atoms with Gasteiger partial charge in [-0.2, -0.15) is 5.10 Å². The molecule has 3 aromatic rings. The predicted molar refractivity (Wildman–Crippen MR) is 112 cm³/mol. The van der Waals surface area contributed by atoms with Crippen molar-refractivity contribution in [3.8, 4) is 5.69 Å². The number of aromatic nitrogens is 4. The van der Waals surface area contributed by atoms with Crippen LogP contribution in [-0.2, 0) is 0 Å². The molecule has 2 N–H and O–H groups in total. The lowest BCUT2D eigenvalue weighted by atomic mass is 10.1. The Hall–Kier alpha value is -2.35. The van der Waals surface area contributed by atoms with Gasteiger partial charge < -0.3 is 10.6 Å². The van der Waals surface area contributed by atoms with E-state index in [1.165, 1.54) is 0 Å². The van der Waals surface area contributed by atoms with Crippen LogP contribution in [0.3, 0.4) is 0 Å². The van der Waals surface area contributed by atoms with Crippen molar-refractivity contribution >= 4 is 35.7 Å². The van der Waals surface area contributed by atoms with Crippen LogP contribution in [0.2, 0.25) is 5.02 Å². The first-order valence-electron chi connectivity index (χ1n) is 9.00. The van der Waals surface area contributed by atoms with Crippen LogP contribution in [0.1, 0.15) is 35.1 Å². The summed E-state index contributed by atoms with van der Waals surface area (Å²) < 4.78 is 3.58. The SMILES string of the molecule is Cc1cc(NC(=O)c2ccn(C3CCCNC3)n2)nn1-c1ccccc1Cl.Cl. The van der Waals surface area contributed by atoms with E-state index in [0.29, 0.717) is 22.6 Å². The quantitative estimate of drug-likeness (QED) is 0.675. The average Bonchev–Trinajstić information content (AvgIpc) is 3.30. The lowest BCUT2D eigenvalue weighted by Crippen LogP contribution is -2.32. The Morgan fingerprint density at radius 3 is 2.86 bits per heavy atom. The Morgan fingerprint density at radius 1 is 1.29 bits per heavy atom. The second-order valence-electron chi connectivity index (χ2n) is 6.67. The van der Waals surface area contributed by atoms with Crippen molar-refractivity contribution in [2.75, 3.05) is 18.4 Å². The molecule has 1 fully saturated rings. The van der Waals surface area contributed by atoms with Crippen LogP contribution in [0.5, 0.6) is 0 Å². The number of amides is 1. The van der Waals surface area contributed by atoms with Gasteiger partial charge in [0.1, 0.15) is 0 Å². The third-order valence-corrected chi connectivity index (χ3v) is 5.02. The van der Waals surface area contributed by atoms with E-state index < -0.39 is 0 Å². The summed E-state index contributed by atoms with van der Waals surface area (Å²) in [6.45, 7) is 3.83. The molecule has 1 atom stereocenters. The maximum Gasteiger partial charge on any atom is 0.277 e. The van der Waals surface area contributed by atoms with Gasteiger partial charge >= 0.3 is 0 Å². The summed E-state index contributed by atoms with van der Waals surface area (Å²) >= 11 is 6.25. The molecule has 0 aliphatic carbocycles. The van der Waals surface area contributed by atoms with Gasteiger partial charge in [0.15, 0.2) is 11.5 Å². The molecule has 7 nitrogen and oxygen atoms in total. The van der Waals surface area contributed by atoms with Gasteiger partial charge in [0.05, 0.1) is 16.8 Å². The standard InChI is InChI=1S/C19H21ClN6O.ClH/c1-13-11-18(24-26(13)17-7-3-2-6-15(17)20)22-19(27)16-8-10-25(23-16)14-5-4-9-21-12-14;/h2-3,6-8,10-11,14,21H,4-5,9,12H2,1H3,(H,22,24,27);1H. The number of carbonyl (C=O) groups excluding carboxylic acids is 1. The van der Waals surface area contributed by atoms with E-state index in [9.17, 15) is 4.79 Å². The molecule has 4 rings (SSSR count). The second-order valence-corrected chi connectivity index (χ2v) is 7.08. The maximum absolute atomic E-state index is 12.6. The van der Waals surface area contributed by atoms with Crippen molar-refractivity contribution in [1.82, 2.24) is 24.9 Å². The molecule has 0 radical (unpaired) electrons. The maximum atomic E-state index is 12.6. The molecule has 3 heterocycles. The van der Waals surface area contributed by atoms with E-state index in [-0.39, 0.29) is 18.3 Å². The molecular formula is C19H22Cl2N6O. The summed E-state index contributed by atoms with van der Waals surface area (Å²) in [6.07, 6.45) is 4.04. The number of piperidine rings is 1. The fourth-order valence-electron chi connectivity index (χ4n) is 3.30. The number of carbonyl (C=O) groups is 1. The molecule has 1 aliphatic rings. The number of benzene rings is 1. The number of anilines is 1. The normalized spacial score (nSPS) is 16.4. The number of halogens is 2. The summed E-state index contributed by atoms with van der Waals surface area (Å²) in [5.41, 5.74) is 2.02. The van der Waals surface area contributed by atoms with Crippen molar-refractivity contribution < 1.29 is 4.79 Å². The van der Waals surface area contributed by atoms with E-state index in [4.69, 9.17) is 11.6 Å². The van der Waals surface area contributed by atoms with Crippen LogP contribution < -0.4 is 10.6 Å². The zero-order valence-electron chi connectivity index (χ0n) is 15.4. The Kier molecular flexibility index (Phi) is 6.39. The van der Waals surface area contributed by atoms with Gasteiger partial charge in [-0.05, 0) is 44.5 Å². The van der Waals surface area contributed by atoms with E-state index >= 15 is 0 Å². The van der Waals surface area contributed by atoms with E-state index in [2.05, 4.69) is 20.8 Å². The highest BCUT2D eigenvalue weighted by Crippen LogP contribution is 2.23. The number of nitrogens with one attached hydrogen (secondary N) is 2. The van der Waals surface area contributed by atoms with E-state index in [1.807, 2.05) is 48.1 Å². The van der Waals surface area contributed by atoms with Crippen molar-refractivity contribution in [2.45, 2.75) is 25.8 Å². The number of aryl methyl sites for hydroxylation is 1. The first-order chi connectivity index (χ1) is 13.1. The minimum absolute atomic E-state index is 0. The summed E-state index contributed by atoms with van der Waals surface area (Å²) in [7, 11) is 0. The summed E-state index contributed by atoms with van der Waals surface area (Å²) in [5, 5.41) is 15.7. The van der Waals surface area contributed by atoms with E-state index in [0.717, 1.165) is 37.3 Å². The average molecular weight is 421 g/mol. The zero-order chi connectivity index (χ0) is 18.8. The van der Waals surface area contributed by atoms with Gasteiger partial charge in [0.25, 0.3) is 5.91 Å². The highest BCUT2D eigenvalue weighted by atomic mass is 35.5. The van der Waals surface area contributed by atoms with Gasteiger partial charge in [0.2, 0.25) is 0 Å². The Bertz CT molecular complexity index is 961. The molecule has 1 aliphatic heterocycles. The molecule has 1 unspecified atom stereocenters. The van der Waals surface area contributed by atoms with Gasteiger partial charge in [0, 0.05) is 24.5 Å². The molecule has 148 valence electrons. The molecule has 2 aromatic heterocycles. The van der Waals surface area contributed by atoms with Crippen LogP contribution in [0, 0.1) is 6.92 Å². The molecule has 1 aromatic carbocycles. The number of hydrogen-bond donors (Lipinski definition) is 2. The third kappa shape index (κ3) is 4.22. The fraction of sp³-hybridized carbons (Fsp3) is 0.316. The van der Waals surface area contributed by atoms with Crippen LogP contribution in [0.15, 0.2) is 42.6 Å². The first kappa shape index (κ1) is 20.4. The summed E-state index contributed by atoms with van der Waals surface area (Å²) in [6, 6.07) is 11.3. The van der Waals surface area contributed by atoms with Crippen LogP contribution in [0.25, 0.3) is 5.69 Å². The minimum atomic E-state index is -0.277. The topological polar surface area (TPSA) is 76.8 Å². The lowest BCUT2D eigenvalue weighted by molar-refractivity contribution is 0.102. The minimum Gasteiger partial charge on any atom is -0.315 e. The molecule has 1 saturated heterocycles. The van der Waals surface area contributed by atoms with Crippen molar-refractivity contribution in [1.29, 1.82) is 0 Å². The van der Waals surface area contributed by atoms with Crippen molar-refractivity contribution in [3.63, 3.8) is 0 Å². The largest absolute Gasteiger partial charge is 0.315 e. The van der Waals surface area contributed by atoms with E-state index in [1.54, 1.807) is 10.7 Å². The van der Waals surface area contributed by atoms with Gasteiger partial charge in [-0.1, -0.05) is 23.7 Å². The second kappa shape index (κ2) is 8.77. The first-order valence-corrected chi connectivity index (χ1v) is 9.38. The lowest BCUT2D eigenvalue weighted by Gasteiger charge is -2.22. The van der Waals surface area contributed by atoms with Crippen LogP contribution >= 0.6 is 24.0 Å². The third-order valence-electron chi connectivity index (χ3n) is 4.70. The van der Waals surface area contributed by atoms with Crippen molar-refractivity contribution in [2.24, 2.45) is 0 Å². The Labute approximate surface area is 174 Å². The molecule has 0 saturated carbocycles. The predicted octanol–water partition coefficient (Wildman–Crippen LogP) is 3.63. The van der Waals surface area contributed by atoms with Gasteiger partial charge in [-0.15, -0.1) is 17.5 Å². The Morgan fingerprint density at radius 2 is 2.11 bits per heavy atom. The smallest absolute Gasteiger partial charge is 0.277 e. The summed E-state index contributed by atoms with van der Waals surface area (Å²) in [5.74, 6) is 0.188. The zero-order valence-corrected chi connectivity index (χ0v) is 17.0. The highest BCUT2D eigenvalue weighted by Gasteiger charge is 2.18. The monoisotopic (exact) mass is 420 g/mol. The highest BCUT2D eigenvalue weighted by molar-refractivity contribution is 6.32.